The molecular formula is C22H26N2O5. The second kappa shape index (κ2) is 11.5. The molecule has 0 aliphatic rings. The van der Waals surface area contributed by atoms with Crippen molar-refractivity contribution in [3.63, 3.8) is 0 Å². The van der Waals surface area contributed by atoms with Crippen LogP contribution in [-0.4, -0.2) is 24.5 Å². The number of nitro benzene ring substituents is 1. The van der Waals surface area contributed by atoms with Gasteiger partial charge in [-0.3, -0.25) is 14.9 Å². The Labute approximate surface area is 170 Å². The van der Waals surface area contributed by atoms with E-state index in [0.29, 0.717) is 23.8 Å². The maximum Gasteiger partial charge on any atom is 0.271 e. The topological polar surface area (TPSA) is 90.7 Å². The first-order chi connectivity index (χ1) is 14.0. The average molecular weight is 398 g/mol. The number of non-ortho nitro benzene ring substituents is 1. The average Bonchev–Trinajstić information content (AvgIpc) is 2.72. The number of hydrogen-bond acceptors (Lipinski definition) is 5. The minimum Gasteiger partial charge on any atom is -0.493 e. The summed E-state index contributed by atoms with van der Waals surface area (Å²) in [5.74, 6) is 0.879. The molecule has 0 aliphatic heterocycles. The number of unbranched alkanes of at least 4 members (excludes halogenated alkanes) is 3. The number of benzene rings is 2. The van der Waals surface area contributed by atoms with E-state index < -0.39 is 4.92 Å². The van der Waals surface area contributed by atoms with Crippen LogP contribution in [0.3, 0.4) is 0 Å². The van der Waals surface area contributed by atoms with E-state index in [9.17, 15) is 14.9 Å². The number of nitrogens with zero attached hydrogens (tertiary/aromatic N) is 1. The molecule has 7 heteroatoms. The number of methoxy groups -OCH3 is 1. The van der Waals surface area contributed by atoms with Crippen LogP contribution in [0.2, 0.25) is 0 Å². The number of nitrogens with one attached hydrogen (secondary N) is 1. The highest BCUT2D eigenvalue weighted by atomic mass is 16.6. The smallest absolute Gasteiger partial charge is 0.271 e. The quantitative estimate of drug-likeness (QED) is 0.243. The first kappa shape index (κ1) is 21.9. The number of rotatable bonds is 11. The third-order valence-corrected chi connectivity index (χ3v) is 4.19. The van der Waals surface area contributed by atoms with E-state index in [0.717, 1.165) is 18.4 Å². The Hall–Kier alpha value is -3.35. The fourth-order valence-electron chi connectivity index (χ4n) is 2.67. The van der Waals surface area contributed by atoms with Crippen LogP contribution in [0.5, 0.6) is 11.5 Å². The summed E-state index contributed by atoms with van der Waals surface area (Å²) >= 11 is 0. The van der Waals surface area contributed by atoms with Gasteiger partial charge in [-0.05, 0) is 36.3 Å². The molecule has 0 unspecified atom stereocenters. The highest BCUT2D eigenvalue weighted by Crippen LogP contribution is 2.29. The van der Waals surface area contributed by atoms with Crippen LogP contribution < -0.4 is 14.8 Å². The predicted octanol–water partition coefficient (Wildman–Crippen LogP) is 5.21. The largest absolute Gasteiger partial charge is 0.493 e. The summed E-state index contributed by atoms with van der Waals surface area (Å²) in [4.78, 5) is 22.4. The summed E-state index contributed by atoms with van der Waals surface area (Å²) in [7, 11) is 1.57. The molecule has 0 bridgehead atoms. The van der Waals surface area contributed by atoms with Gasteiger partial charge in [-0.2, -0.15) is 0 Å². The molecule has 2 rings (SSSR count). The molecule has 0 radical (unpaired) electrons. The van der Waals surface area contributed by atoms with Crippen LogP contribution in [0.1, 0.15) is 38.2 Å². The molecule has 0 atom stereocenters. The molecule has 2 aromatic carbocycles. The van der Waals surface area contributed by atoms with Crippen molar-refractivity contribution < 1.29 is 19.2 Å². The number of ether oxygens (including phenoxy) is 2. The van der Waals surface area contributed by atoms with E-state index in [2.05, 4.69) is 12.2 Å². The van der Waals surface area contributed by atoms with Crippen molar-refractivity contribution in [2.45, 2.75) is 32.6 Å². The Balaban J connectivity index is 1.96. The van der Waals surface area contributed by atoms with E-state index >= 15 is 0 Å². The second-order valence-electron chi connectivity index (χ2n) is 6.45. The zero-order chi connectivity index (χ0) is 21.1. The molecule has 29 heavy (non-hydrogen) atoms. The van der Waals surface area contributed by atoms with Crippen LogP contribution in [0.25, 0.3) is 6.08 Å². The van der Waals surface area contributed by atoms with Crippen LogP contribution >= 0.6 is 0 Å². The molecule has 0 heterocycles. The maximum absolute atomic E-state index is 12.1. The number of carbonyl (C=O) groups is 1. The molecular weight excluding hydrogens is 372 g/mol. The second-order valence-corrected chi connectivity index (χ2v) is 6.45. The van der Waals surface area contributed by atoms with E-state index in [1.165, 1.54) is 37.1 Å². The van der Waals surface area contributed by atoms with Crippen LogP contribution in [0.4, 0.5) is 11.4 Å². The Bertz CT molecular complexity index is 864. The number of carbonyl (C=O) groups excluding carboxylic acids is 1. The van der Waals surface area contributed by atoms with Crippen molar-refractivity contribution in [1.29, 1.82) is 0 Å². The molecule has 0 spiro atoms. The van der Waals surface area contributed by atoms with Crippen LogP contribution in [-0.2, 0) is 4.79 Å². The molecule has 0 fully saturated rings. The fraction of sp³-hybridized carbons (Fsp3) is 0.318. The van der Waals surface area contributed by atoms with Crippen molar-refractivity contribution in [2.24, 2.45) is 0 Å². The van der Waals surface area contributed by atoms with Crippen molar-refractivity contribution >= 4 is 23.4 Å². The SMILES string of the molecule is CCCCCCOc1ccc(C=CC(=O)Nc2cccc([N+](=O)[O-])c2)cc1OC. The molecule has 1 N–H and O–H groups in total. The summed E-state index contributed by atoms with van der Waals surface area (Å²) < 4.78 is 11.2. The number of anilines is 1. The van der Waals surface area contributed by atoms with E-state index in [-0.39, 0.29) is 11.6 Å². The summed E-state index contributed by atoms with van der Waals surface area (Å²) in [5, 5.41) is 13.4. The molecule has 2 aromatic rings. The first-order valence-corrected chi connectivity index (χ1v) is 9.58. The number of amides is 1. The third kappa shape index (κ3) is 7.29. The van der Waals surface area contributed by atoms with Crippen molar-refractivity contribution in [3.05, 3.63) is 64.2 Å². The van der Waals surface area contributed by atoms with E-state index in [4.69, 9.17) is 9.47 Å². The molecule has 0 aromatic heterocycles. The predicted molar refractivity (Wildman–Crippen MR) is 113 cm³/mol. The molecule has 1 amide bonds. The molecule has 0 aliphatic carbocycles. The standard InChI is InChI=1S/C22H26N2O5/c1-3-4-5-6-14-29-20-12-10-17(15-21(20)28-2)11-13-22(25)23-18-8-7-9-19(16-18)24(26)27/h7-13,15-16H,3-6,14H2,1-2H3,(H,23,25). The zero-order valence-electron chi connectivity index (χ0n) is 16.7. The third-order valence-electron chi connectivity index (χ3n) is 4.19. The van der Waals surface area contributed by atoms with Crippen molar-refractivity contribution in [1.82, 2.24) is 0 Å². The lowest BCUT2D eigenvalue weighted by atomic mass is 10.2. The minimum absolute atomic E-state index is 0.0817. The van der Waals surface area contributed by atoms with Gasteiger partial charge < -0.3 is 14.8 Å². The number of nitro groups is 1. The molecule has 7 nitrogen and oxygen atoms in total. The van der Waals surface area contributed by atoms with Gasteiger partial charge in [0.1, 0.15) is 0 Å². The van der Waals surface area contributed by atoms with E-state index in [1.807, 2.05) is 12.1 Å². The minimum atomic E-state index is -0.509. The maximum atomic E-state index is 12.1. The Morgan fingerprint density at radius 1 is 1.14 bits per heavy atom. The Morgan fingerprint density at radius 2 is 1.97 bits per heavy atom. The van der Waals surface area contributed by atoms with Gasteiger partial charge in [-0.15, -0.1) is 0 Å². The fourth-order valence-corrected chi connectivity index (χ4v) is 2.67. The Morgan fingerprint density at radius 3 is 2.69 bits per heavy atom. The van der Waals surface area contributed by atoms with Crippen molar-refractivity contribution in [3.8, 4) is 11.5 Å². The summed E-state index contributed by atoms with van der Waals surface area (Å²) in [6.07, 6.45) is 7.51. The first-order valence-electron chi connectivity index (χ1n) is 9.58. The summed E-state index contributed by atoms with van der Waals surface area (Å²) in [5.41, 5.74) is 1.05. The van der Waals surface area contributed by atoms with Gasteiger partial charge in [0, 0.05) is 23.9 Å². The highest BCUT2D eigenvalue weighted by molar-refractivity contribution is 6.02. The lowest BCUT2D eigenvalue weighted by Gasteiger charge is -2.11. The molecule has 0 saturated carbocycles. The Kier molecular flexibility index (Phi) is 8.69. The van der Waals surface area contributed by atoms with Gasteiger partial charge in [0.05, 0.1) is 18.6 Å². The number of hydrogen-bond donors (Lipinski definition) is 1. The molecule has 0 saturated heterocycles. The normalized spacial score (nSPS) is 10.7. The summed E-state index contributed by atoms with van der Waals surface area (Å²) in [6, 6.07) is 11.2. The van der Waals surface area contributed by atoms with Gasteiger partial charge in [-0.25, -0.2) is 0 Å². The van der Waals surface area contributed by atoms with Gasteiger partial charge >= 0.3 is 0 Å². The van der Waals surface area contributed by atoms with Gasteiger partial charge in [0.15, 0.2) is 11.5 Å². The monoisotopic (exact) mass is 398 g/mol. The van der Waals surface area contributed by atoms with Gasteiger partial charge in [0.25, 0.3) is 5.69 Å². The van der Waals surface area contributed by atoms with Crippen molar-refractivity contribution in [2.75, 3.05) is 19.0 Å². The molecule has 154 valence electrons. The summed E-state index contributed by atoms with van der Waals surface area (Å²) in [6.45, 7) is 2.80. The lowest BCUT2D eigenvalue weighted by molar-refractivity contribution is -0.384. The lowest BCUT2D eigenvalue weighted by Crippen LogP contribution is -2.07. The highest BCUT2D eigenvalue weighted by Gasteiger charge is 2.08. The zero-order valence-corrected chi connectivity index (χ0v) is 16.7. The van der Waals surface area contributed by atoms with Crippen LogP contribution in [0, 0.1) is 10.1 Å². The van der Waals surface area contributed by atoms with Gasteiger partial charge in [0.2, 0.25) is 5.91 Å². The van der Waals surface area contributed by atoms with Gasteiger partial charge in [-0.1, -0.05) is 38.3 Å². The van der Waals surface area contributed by atoms with Crippen LogP contribution in [0.15, 0.2) is 48.5 Å². The van der Waals surface area contributed by atoms with E-state index in [1.54, 1.807) is 25.3 Å².